The number of aliphatic hydroxyl groups is 1. The minimum atomic E-state index is -4.33. The number of carbonyl (C=O) groups excluding carboxylic acids is 1. The summed E-state index contributed by atoms with van der Waals surface area (Å²) in [7, 11) is -4.33. The molecule has 0 heterocycles. The smallest absolute Gasteiger partial charge is 0.267 e. The van der Waals surface area contributed by atoms with Gasteiger partial charge in [-0.05, 0) is 44.9 Å². The zero-order valence-corrected chi connectivity index (χ0v) is 31.0. The van der Waals surface area contributed by atoms with Crippen LogP contribution in [0.25, 0.3) is 0 Å². The molecule has 0 fully saturated rings. The fourth-order valence-electron chi connectivity index (χ4n) is 5.91. The molecule has 0 aliphatic carbocycles. The number of carbonyl (C=O) groups is 1. The van der Waals surface area contributed by atoms with Crippen LogP contribution < -0.4 is 5.32 Å². The van der Waals surface area contributed by atoms with Crippen LogP contribution in [0.3, 0.4) is 0 Å². The molecule has 6 nitrogen and oxygen atoms in total. The summed E-state index contributed by atoms with van der Waals surface area (Å²) in [5, 5.41) is 13.1. The van der Waals surface area contributed by atoms with Crippen molar-refractivity contribution >= 4 is 16.0 Å². The van der Waals surface area contributed by atoms with Crippen LogP contribution in [0.2, 0.25) is 0 Å². The van der Waals surface area contributed by atoms with Crippen LogP contribution in [-0.2, 0) is 14.9 Å². The van der Waals surface area contributed by atoms with E-state index in [0.29, 0.717) is 6.42 Å². The van der Waals surface area contributed by atoms with E-state index in [4.69, 9.17) is 0 Å². The molecule has 0 bridgehead atoms. The number of amides is 1. The summed E-state index contributed by atoms with van der Waals surface area (Å²) in [6.07, 6.45) is 41.7. The Hall–Kier alpha value is -1.18. The maximum absolute atomic E-state index is 12.5. The van der Waals surface area contributed by atoms with Gasteiger partial charge in [-0.25, -0.2) is 0 Å². The lowest BCUT2D eigenvalue weighted by Gasteiger charge is -2.21. The summed E-state index contributed by atoms with van der Waals surface area (Å²) < 4.78 is 32.3. The van der Waals surface area contributed by atoms with Gasteiger partial charge in [0.15, 0.2) is 0 Å². The fraction of sp³-hybridized carbons (Fsp3) is 0.872. The first-order chi connectivity index (χ1) is 22.3. The summed E-state index contributed by atoms with van der Waals surface area (Å²) in [5.41, 5.74) is 0. The molecule has 3 N–H and O–H groups in total. The molecule has 0 radical (unpaired) electrons. The van der Waals surface area contributed by atoms with Crippen molar-refractivity contribution in [3.63, 3.8) is 0 Å². The molecule has 272 valence electrons. The summed E-state index contributed by atoms with van der Waals surface area (Å²) in [6, 6.07) is -1.05. The molecule has 0 aliphatic rings. The Labute approximate surface area is 285 Å². The number of aliphatic hydroxyl groups excluding tert-OH is 1. The van der Waals surface area contributed by atoms with Crippen molar-refractivity contribution in [1.82, 2.24) is 5.32 Å². The van der Waals surface area contributed by atoms with Gasteiger partial charge in [0.2, 0.25) is 5.91 Å². The Morgan fingerprint density at radius 1 is 0.565 bits per heavy atom. The van der Waals surface area contributed by atoms with Gasteiger partial charge in [-0.1, -0.05) is 173 Å². The lowest BCUT2D eigenvalue weighted by atomic mass is 10.0. The van der Waals surface area contributed by atoms with E-state index in [1.807, 2.05) is 6.08 Å². The average Bonchev–Trinajstić information content (AvgIpc) is 3.01. The largest absolute Gasteiger partial charge is 0.387 e. The molecule has 0 aromatic rings. The summed E-state index contributed by atoms with van der Waals surface area (Å²) in [6.45, 7) is 4.49. The quantitative estimate of drug-likeness (QED) is 0.0354. The van der Waals surface area contributed by atoms with Crippen molar-refractivity contribution in [2.75, 3.05) is 5.75 Å². The van der Waals surface area contributed by atoms with Crippen LogP contribution in [-0.4, -0.2) is 41.9 Å². The number of hydrogen-bond donors (Lipinski definition) is 3. The normalized spacial score (nSPS) is 13.6. The summed E-state index contributed by atoms with van der Waals surface area (Å²) in [5.74, 6) is -0.978. The molecule has 0 spiro atoms. The highest BCUT2D eigenvalue weighted by molar-refractivity contribution is 7.85. The lowest BCUT2D eigenvalue weighted by Crippen LogP contribution is -2.46. The molecule has 0 aliphatic heterocycles. The predicted molar refractivity (Wildman–Crippen MR) is 198 cm³/mol. The molecule has 0 saturated carbocycles. The SMILES string of the molecule is CCCCCCCCCC/C=C\CCCCCCCCCCCC(=O)NC(CS(=O)(=O)O)C(O)/C=C/CCCCCCCCCC. The minimum absolute atomic E-state index is 0.281. The van der Waals surface area contributed by atoms with Gasteiger partial charge in [0.25, 0.3) is 10.1 Å². The van der Waals surface area contributed by atoms with Crippen LogP contribution >= 0.6 is 0 Å². The van der Waals surface area contributed by atoms with Crippen molar-refractivity contribution in [2.24, 2.45) is 0 Å². The number of rotatable bonds is 35. The first kappa shape index (κ1) is 44.8. The molecule has 46 heavy (non-hydrogen) atoms. The summed E-state index contributed by atoms with van der Waals surface area (Å²) >= 11 is 0. The van der Waals surface area contributed by atoms with Crippen LogP contribution in [0.5, 0.6) is 0 Å². The second kappa shape index (κ2) is 33.7. The number of hydrogen-bond acceptors (Lipinski definition) is 4. The van der Waals surface area contributed by atoms with Crippen molar-refractivity contribution in [1.29, 1.82) is 0 Å². The molecule has 0 aromatic carbocycles. The zero-order chi connectivity index (χ0) is 34.0. The highest BCUT2D eigenvalue weighted by Crippen LogP contribution is 2.14. The van der Waals surface area contributed by atoms with Gasteiger partial charge in [0.1, 0.15) is 0 Å². The molecule has 0 aromatic heterocycles. The van der Waals surface area contributed by atoms with E-state index < -0.39 is 28.0 Å². The number of allylic oxidation sites excluding steroid dienone is 3. The Morgan fingerprint density at radius 3 is 1.30 bits per heavy atom. The number of unbranched alkanes of at least 4 members (excludes halogenated alkanes) is 25. The zero-order valence-electron chi connectivity index (χ0n) is 30.2. The van der Waals surface area contributed by atoms with Crippen LogP contribution in [0.15, 0.2) is 24.3 Å². The molecule has 1 amide bonds. The van der Waals surface area contributed by atoms with E-state index in [0.717, 1.165) is 38.5 Å². The Kier molecular flexibility index (Phi) is 32.8. The van der Waals surface area contributed by atoms with E-state index in [2.05, 4.69) is 31.3 Å². The van der Waals surface area contributed by atoms with Crippen LogP contribution in [0.4, 0.5) is 0 Å². The monoisotopic (exact) mass is 670 g/mol. The fourth-order valence-corrected chi connectivity index (χ4v) is 6.65. The van der Waals surface area contributed by atoms with E-state index in [1.165, 1.54) is 141 Å². The van der Waals surface area contributed by atoms with E-state index in [9.17, 15) is 22.9 Å². The maximum Gasteiger partial charge on any atom is 0.267 e. The van der Waals surface area contributed by atoms with Gasteiger partial charge in [0.05, 0.1) is 17.9 Å². The third kappa shape index (κ3) is 34.2. The van der Waals surface area contributed by atoms with Gasteiger partial charge < -0.3 is 10.4 Å². The van der Waals surface area contributed by atoms with E-state index in [-0.39, 0.29) is 5.91 Å². The van der Waals surface area contributed by atoms with Gasteiger partial charge in [0, 0.05) is 6.42 Å². The Balaban J connectivity index is 3.85. The molecular weight excluding hydrogens is 594 g/mol. The second-order valence-corrected chi connectivity index (χ2v) is 15.1. The van der Waals surface area contributed by atoms with Gasteiger partial charge in [-0.2, -0.15) is 8.42 Å². The van der Waals surface area contributed by atoms with Crippen molar-refractivity contribution < 1.29 is 22.9 Å². The van der Waals surface area contributed by atoms with Crippen LogP contribution in [0, 0.1) is 0 Å². The predicted octanol–water partition coefficient (Wildman–Crippen LogP) is 11.2. The average molecular weight is 670 g/mol. The van der Waals surface area contributed by atoms with Gasteiger partial charge >= 0.3 is 0 Å². The van der Waals surface area contributed by atoms with E-state index in [1.54, 1.807) is 6.08 Å². The van der Waals surface area contributed by atoms with Gasteiger partial charge in [-0.3, -0.25) is 9.35 Å². The standard InChI is InChI=1S/C39H75NO5S/c1-3-5-7-9-11-13-15-16-17-18-19-20-21-22-23-24-25-27-29-31-33-35-39(42)40-37(36-46(43,44)45)38(41)34-32-30-28-26-14-12-10-8-6-4-2/h18-19,32,34,37-38,41H,3-17,20-31,33,35-36H2,1-2H3,(H,40,42)(H,43,44,45)/b19-18-,34-32+. The summed E-state index contributed by atoms with van der Waals surface area (Å²) in [4.78, 5) is 12.5. The van der Waals surface area contributed by atoms with Crippen LogP contribution in [0.1, 0.15) is 200 Å². The first-order valence-electron chi connectivity index (χ1n) is 19.5. The molecular formula is C39H75NO5S. The molecule has 0 rings (SSSR count). The molecule has 2 unspecified atom stereocenters. The van der Waals surface area contributed by atoms with E-state index >= 15 is 0 Å². The molecule has 2 atom stereocenters. The third-order valence-corrected chi connectivity index (χ3v) is 9.65. The van der Waals surface area contributed by atoms with Crippen molar-refractivity contribution in [3.05, 3.63) is 24.3 Å². The first-order valence-corrected chi connectivity index (χ1v) is 21.1. The topological polar surface area (TPSA) is 104 Å². The number of nitrogens with one attached hydrogen (secondary N) is 1. The Bertz CT molecular complexity index is 826. The lowest BCUT2D eigenvalue weighted by molar-refractivity contribution is -0.122. The van der Waals surface area contributed by atoms with Crippen molar-refractivity contribution in [3.8, 4) is 0 Å². The highest BCUT2D eigenvalue weighted by atomic mass is 32.2. The second-order valence-electron chi connectivity index (χ2n) is 13.6. The molecule has 7 heteroatoms. The van der Waals surface area contributed by atoms with Gasteiger partial charge in [-0.15, -0.1) is 0 Å². The third-order valence-electron chi connectivity index (χ3n) is 8.87. The maximum atomic E-state index is 12.5. The minimum Gasteiger partial charge on any atom is -0.387 e. The molecule has 0 saturated heterocycles. The Morgan fingerprint density at radius 2 is 0.913 bits per heavy atom. The van der Waals surface area contributed by atoms with Crippen molar-refractivity contribution in [2.45, 2.75) is 212 Å². The highest BCUT2D eigenvalue weighted by Gasteiger charge is 2.24.